The molecule has 25 heavy (non-hydrogen) atoms. The van der Waals surface area contributed by atoms with Gasteiger partial charge in [0.25, 0.3) is 5.91 Å². The van der Waals surface area contributed by atoms with Crippen LogP contribution in [0.1, 0.15) is 23.0 Å². The third kappa shape index (κ3) is 4.34. The van der Waals surface area contributed by atoms with Gasteiger partial charge in [0.2, 0.25) is 0 Å². The van der Waals surface area contributed by atoms with Crippen molar-refractivity contribution in [3.05, 3.63) is 57.5 Å². The van der Waals surface area contributed by atoms with Crippen LogP contribution in [0.4, 0.5) is 0 Å². The summed E-state index contributed by atoms with van der Waals surface area (Å²) >= 11 is 4.97. The van der Waals surface area contributed by atoms with Crippen molar-refractivity contribution in [2.45, 2.75) is 6.92 Å². The lowest BCUT2D eigenvalue weighted by molar-refractivity contribution is 0.0950. The van der Waals surface area contributed by atoms with E-state index < -0.39 is 0 Å². The number of carbonyl (C=O) groups excluding carboxylic acids is 1. The lowest BCUT2D eigenvalue weighted by Gasteiger charge is -2.05. The number of ether oxygens (including phenoxy) is 1. The zero-order valence-electron chi connectivity index (χ0n) is 13.3. The molecular weight excluding hydrogens is 404 g/mol. The van der Waals surface area contributed by atoms with E-state index in [1.807, 2.05) is 43.3 Å². The van der Waals surface area contributed by atoms with Crippen LogP contribution in [0.25, 0.3) is 10.6 Å². The van der Waals surface area contributed by atoms with Gasteiger partial charge in [0.1, 0.15) is 5.75 Å². The van der Waals surface area contributed by atoms with Gasteiger partial charge in [-0.25, -0.2) is 5.43 Å². The van der Waals surface area contributed by atoms with Gasteiger partial charge in [-0.1, -0.05) is 12.1 Å². The summed E-state index contributed by atoms with van der Waals surface area (Å²) in [5, 5.41) is 10.9. The lowest BCUT2D eigenvalue weighted by atomic mass is 10.2. The van der Waals surface area contributed by atoms with Crippen molar-refractivity contribution in [3.8, 4) is 16.3 Å². The quantitative estimate of drug-likeness (QED) is 0.467. The van der Waals surface area contributed by atoms with Crippen LogP contribution in [0.15, 0.2) is 51.4 Å². The molecule has 0 saturated heterocycles. The molecule has 0 fully saturated rings. The molecule has 0 aliphatic carbocycles. The van der Waals surface area contributed by atoms with Crippen molar-refractivity contribution in [2.75, 3.05) is 6.61 Å². The number of amides is 1. The van der Waals surface area contributed by atoms with Crippen molar-refractivity contribution in [1.82, 2.24) is 15.6 Å². The van der Waals surface area contributed by atoms with Crippen LogP contribution >= 0.6 is 27.3 Å². The van der Waals surface area contributed by atoms with Gasteiger partial charge in [-0.2, -0.15) is 10.2 Å². The molecule has 3 aromatic rings. The molecule has 128 valence electrons. The second-order valence-corrected chi connectivity index (χ2v) is 7.40. The number of hydrogen-bond donors (Lipinski definition) is 2. The highest BCUT2D eigenvalue weighted by Crippen LogP contribution is 2.30. The summed E-state index contributed by atoms with van der Waals surface area (Å²) in [5.74, 6) is 0.330. The summed E-state index contributed by atoms with van der Waals surface area (Å²) in [6, 6.07) is 13.1. The fraction of sp³-hybridized carbons (Fsp3) is 0.118. The molecule has 0 aliphatic heterocycles. The van der Waals surface area contributed by atoms with Gasteiger partial charge in [-0.15, -0.1) is 11.3 Å². The number of aromatic amines is 1. The lowest BCUT2D eigenvalue weighted by Crippen LogP contribution is -2.18. The highest BCUT2D eigenvalue weighted by molar-refractivity contribution is 9.11. The number of para-hydroxylation sites is 1. The first-order valence-corrected chi connectivity index (χ1v) is 9.14. The maximum atomic E-state index is 12.2. The zero-order chi connectivity index (χ0) is 17.6. The molecule has 6 nitrogen and oxygen atoms in total. The van der Waals surface area contributed by atoms with Crippen molar-refractivity contribution < 1.29 is 9.53 Å². The van der Waals surface area contributed by atoms with Crippen LogP contribution in [0.2, 0.25) is 0 Å². The molecule has 2 N–H and O–H groups in total. The molecule has 0 atom stereocenters. The largest absolute Gasteiger partial charge is 0.493 e. The van der Waals surface area contributed by atoms with Gasteiger partial charge < -0.3 is 4.74 Å². The predicted molar refractivity (Wildman–Crippen MR) is 102 cm³/mol. The fourth-order valence-corrected chi connectivity index (χ4v) is 3.47. The van der Waals surface area contributed by atoms with Crippen LogP contribution < -0.4 is 10.2 Å². The van der Waals surface area contributed by atoms with Gasteiger partial charge in [0.15, 0.2) is 5.69 Å². The molecule has 2 heterocycles. The Morgan fingerprint density at radius 1 is 1.40 bits per heavy atom. The van der Waals surface area contributed by atoms with Gasteiger partial charge in [0.05, 0.1) is 27.2 Å². The van der Waals surface area contributed by atoms with E-state index in [1.165, 1.54) is 0 Å². The van der Waals surface area contributed by atoms with E-state index in [1.54, 1.807) is 23.6 Å². The number of nitrogens with one attached hydrogen (secondary N) is 2. The molecule has 1 amide bonds. The van der Waals surface area contributed by atoms with Gasteiger partial charge in [0, 0.05) is 5.56 Å². The average Bonchev–Trinajstić information content (AvgIpc) is 3.25. The van der Waals surface area contributed by atoms with Crippen LogP contribution in [-0.2, 0) is 0 Å². The van der Waals surface area contributed by atoms with Gasteiger partial charge >= 0.3 is 0 Å². The Morgan fingerprint density at radius 3 is 3.00 bits per heavy atom. The minimum Gasteiger partial charge on any atom is -0.493 e. The first-order valence-electron chi connectivity index (χ1n) is 7.53. The summed E-state index contributed by atoms with van der Waals surface area (Å²) in [5.41, 5.74) is 4.32. The molecule has 1 aromatic carbocycles. The van der Waals surface area contributed by atoms with Crippen LogP contribution in [0.3, 0.4) is 0 Å². The summed E-state index contributed by atoms with van der Waals surface area (Å²) in [6.07, 6.45) is 1.55. The molecule has 8 heteroatoms. The van der Waals surface area contributed by atoms with E-state index >= 15 is 0 Å². The highest BCUT2D eigenvalue weighted by atomic mass is 79.9. The summed E-state index contributed by atoms with van der Waals surface area (Å²) in [6.45, 7) is 2.48. The number of benzene rings is 1. The van der Waals surface area contributed by atoms with E-state index in [2.05, 4.69) is 36.7 Å². The second-order valence-electron chi connectivity index (χ2n) is 4.94. The summed E-state index contributed by atoms with van der Waals surface area (Å²) in [7, 11) is 0. The third-order valence-electron chi connectivity index (χ3n) is 3.24. The molecule has 0 saturated carbocycles. The second kappa shape index (κ2) is 8.09. The number of aromatic nitrogens is 2. The van der Waals surface area contributed by atoms with Crippen molar-refractivity contribution >= 4 is 39.4 Å². The maximum Gasteiger partial charge on any atom is 0.291 e. The van der Waals surface area contributed by atoms with E-state index in [4.69, 9.17) is 4.74 Å². The zero-order valence-corrected chi connectivity index (χ0v) is 15.7. The normalized spacial score (nSPS) is 11.0. The van der Waals surface area contributed by atoms with E-state index in [9.17, 15) is 4.79 Å². The maximum absolute atomic E-state index is 12.2. The number of thiophene rings is 1. The van der Waals surface area contributed by atoms with Crippen LogP contribution in [0.5, 0.6) is 5.75 Å². The standard InChI is InChI=1S/C17H15BrN4O2S/c1-2-24-14-6-4-3-5-11(14)10-19-22-17(23)13-9-12(20-21-13)15-7-8-16(18)25-15/h3-10H,2H2,1H3,(H,20,21)(H,22,23). The Labute approximate surface area is 157 Å². The highest BCUT2D eigenvalue weighted by Gasteiger charge is 2.12. The van der Waals surface area contributed by atoms with E-state index in [-0.39, 0.29) is 11.6 Å². The average molecular weight is 419 g/mol. The molecule has 0 spiro atoms. The fourth-order valence-electron chi connectivity index (χ4n) is 2.12. The number of carbonyl (C=O) groups is 1. The van der Waals surface area contributed by atoms with Gasteiger partial charge in [-0.05, 0) is 53.2 Å². The Kier molecular flexibility index (Phi) is 5.62. The topological polar surface area (TPSA) is 79.4 Å². The van der Waals surface area contributed by atoms with E-state index in [0.717, 1.165) is 19.9 Å². The van der Waals surface area contributed by atoms with Crippen molar-refractivity contribution in [3.63, 3.8) is 0 Å². The van der Waals surface area contributed by atoms with Crippen LogP contribution in [-0.4, -0.2) is 28.9 Å². The predicted octanol–water partition coefficient (Wildman–Crippen LogP) is 4.06. The SMILES string of the molecule is CCOc1ccccc1C=NNC(=O)c1cc(-c2ccc(Br)s2)[nH]n1. The molecule has 0 radical (unpaired) electrons. The molecular formula is C17H15BrN4O2S. The smallest absolute Gasteiger partial charge is 0.291 e. The molecule has 0 unspecified atom stereocenters. The number of hydrogen-bond acceptors (Lipinski definition) is 5. The minimum atomic E-state index is -0.386. The number of halogens is 1. The monoisotopic (exact) mass is 418 g/mol. The first kappa shape index (κ1) is 17.4. The van der Waals surface area contributed by atoms with Crippen molar-refractivity contribution in [1.29, 1.82) is 0 Å². The Hall–Kier alpha value is -2.45. The summed E-state index contributed by atoms with van der Waals surface area (Å²) in [4.78, 5) is 13.1. The number of rotatable bonds is 6. The molecule has 0 aliphatic rings. The minimum absolute atomic E-state index is 0.273. The Morgan fingerprint density at radius 2 is 2.24 bits per heavy atom. The third-order valence-corrected chi connectivity index (χ3v) is 4.89. The number of hydrazone groups is 1. The molecule has 2 aromatic heterocycles. The number of nitrogens with zero attached hydrogens (tertiary/aromatic N) is 2. The van der Waals surface area contributed by atoms with Crippen molar-refractivity contribution in [2.24, 2.45) is 5.10 Å². The van der Waals surface area contributed by atoms with Gasteiger partial charge in [-0.3, -0.25) is 9.89 Å². The number of H-pyrrole nitrogens is 1. The molecule has 3 rings (SSSR count). The molecule has 0 bridgehead atoms. The van der Waals surface area contributed by atoms with E-state index in [0.29, 0.717) is 12.4 Å². The summed E-state index contributed by atoms with van der Waals surface area (Å²) < 4.78 is 6.52. The Bertz CT molecular complexity index is 903. The Balaban J connectivity index is 1.66. The first-order chi connectivity index (χ1) is 12.2. The van der Waals surface area contributed by atoms with Crippen LogP contribution in [0, 0.1) is 0 Å².